The maximum Gasteiger partial charge on any atom is 0.251 e. The van der Waals surface area contributed by atoms with Gasteiger partial charge in [-0.05, 0) is 62.6 Å². The van der Waals surface area contributed by atoms with E-state index in [2.05, 4.69) is 27.8 Å². The molecule has 1 aromatic heterocycles. The minimum atomic E-state index is -0.357. The molecule has 0 radical (unpaired) electrons. The molecular formula is C25H31N5O3S. The molecule has 2 aromatic carbocycles. The third-order valence-electron chi connectivity index (χ3n) is 5.49. The molecule has 0 bridgehead atoms. The van der Waals surface area contributed by atoms with Gasteiger partial charge in [0.05, 0.1) is 18.9 Å². The fourth-order valence-electron chi connectivity index (χ4n) is 3.62. The number of nitrogens with one attached hydrogen (secondary N) is 2. The van der Waals surface area contributed by atoms with Crippen LogP contribution in [0.3, 0.4) is 0 Å². The van der Waals surface area contributed by atoms with Crippen LogP contribution in [0.2, 0.25) is 0 Å². The molecule has 34 heavy (non-hydrogen) atoms. The van der Waals surface area contributed by atoms with Crippen molar-refractivity contribution in [1.29, 1.82) is 0 Å². The van der Waals surface area contributed by atoms with Crippen LogP contribution >= 0.6 is 11.8 Å². The lowest BCUT2D eigenvalue weighted by Crippen LogP contribution is -2.28. The Balaban J connectivity index is 1.64. The second-order valence-electron chi connectivity index (χ2n) is 7.81. The zero-order valence-corrected chi connectivity index (χ0v) is 21.0. The first-order chi connectivity index (χ1) is 16.4. The predicted molar refractivity (Wildman–Crippen MR) is 134 cm³/mol. The summed E-state index contributed by atoms with van der Waals surface area (Å²) in [5.74, 6) is 1.23. The van der Waals surface area contributed by atoms with E-state index >= 15 is 0 Å². The quantitative estimate of drug-likeness (QED) is 0.417. The van der Waals surface area contributed by atoms with Crippen LogP contribution in [0.25, 0.3) is 0 Å². The average molecular weight is 482 g/mol. The third-order valence-corrected chi connectivity index (χ3v) is 6.45. The number of hydrogen-bond donors (Lipinski definition) is 2. The number of carbonyl (C=O) groups excluding carboxylic acids is 2. The number of rotatable bonds is 10. The van der Waals surface area contributed by atoms with Gasteiger partial charge in [0.1, 0.15) is 5.75 Å². The van der Waals surface area contributed by atoms with Crippen LogP contribution in [0.15, 0.2) is 47.6 Å². The Labute approximate surface area is 204 Å². The number of aromatic nitrogens is 3. The SMILES string of the molecule is CCc1cccc(C)c1NC(=O)CSc1nnc([C@@H](C)NC(=O)c2ccc(OC)cc2)n1CC. The third kappa shape index (κ3) is 5.96. The molecule has 3 aromatic rings. The van der Waals surface area contributed by atoms with Gasteiger partial charge < -0.3 is 19.9 Å². The van der Waals surface area contributed by atoms with E-state index in [9.17, 15) is 9.59 Å². The molecule has 2 N–H and O–H groups in total. The molecule has 0 aliphatic heterocycles. The standard InChI is InChI=1S/C25H31N5O3S/c1-6-18-10-8-9-16(3)22(18)27-21(31)15-34-25-29-28-23(30(25)7-2)17(4)26-24(32)19-11-13-20(33-5)14-12-19/h8-14,17H,6-7,15H2,1-5H3,(H,26,32)(H,27,31)/t17-/m1/s1. The first-order valence-electron chi connectivity index (χ1n) is 11.3. The molecule has 8 nitrogen and oxygen atoms in total. The van der Waals surface area contributed by atoms with Crippen molar-refractivity contribution in [1.82, 2.24) is 20.1 Å². The van der Waals surface area contributed by atoms with Crippen molar-refractivity contribution in [3.63, 3.8) is 0 Å². The van der Waals surface area contributed by atoms with E-state index in [-0.39, 0.29) is 23.6 Å². The predicted octanol–water partition coefficient (Wildman–Crippen LogP) is 4.40. The summed E-state index contributed by atoms with van der Waals surface area (Å²) in [6.07, 6.45) is 0.845. The topological polar surface area (TPSA) is 98.1 Å². The molecule has 0 spiro atoms. The number of hydrogen-bond acceptors (Lipinski definition) is 6. The summed E-state index contributed by atoms with van der Waals surface area (Å²) >= 11 is 1.33. The molecule has 0 saturated carbocycles. The van der Waals surface area contributed by atoms with Gasteiger partial charge in [-0.15, -0.1) is 10.2 Å². The van der Waals surface area contributed by atoms with Crippen molar-refractivity contribution in [2.24, 2.45) is 0 Å². The van der Waals surface area contributed by atoms with Crippen molar-refractivity contribution < 1.29 is 14.3 Å². The summed E-state index contributed by atoms with van der Waals surface area (Å²) in [6.45, 7) is 8.52. The number of thioether (sulfide) groups is 1. The normalized spacial score (nSPS) is 11.7. The molecule has 0 saturated heterocycles. The molecule has 0 unspecified atom stereocenters. The summed E-state index contributed by atoms with van der Waals surface area (Å²) in [5.41, 5.74) is 3.56. The van der Waals surface area contributed by atoms with Crippen molar-refractivity contribution >= 4 is 29.3 Å². The van der Waals surface area contributed by atoms with Gasteiger partial charge in [0, 0.05) is 17.8 Å². The van der Waals surface area contributed by atoms with Crippen LogP contribution in [-0.2, 0) is 17.8 Å². The van der Waals surface area contributed by atoms with Gasteiger partial charge in [0.25, 0.3) is 5.91 Å². The number of amides is 2. The molecule has 180 valence electrons. The number of carbonyl (C=O) groups is 2. The summed E-state index contributed by atoms with van der Waals surface area (Å²) < 4.78 is 7.06. The smallest absolute Gasteiger partial charge is 0.251 e. The maximum absolute atomic E-state index is 12.6. The van der Waals surface area contributed by atoms with E-state index in [0.29, 0.717) is 28.8 Å². The number of ether oxygens (including phenoxy) is 1. The average Bonchev–Trinajstić information content (AvgIpc) is 3.27. The molecule has 0 aliphatic rings. The number of aryl methyl sites for hydroxylation is 2. The first-order valence-corrected chi connectivity index (χ1v) is 12.3. The van der Waals surface area contributed by atoms with Gasteiger partial charge in [-0.25, -0.2) is 0 Å². The summed E-state index contributed by atoms with van der Waals surface area (Å²) in [5, 5.41) is 15.2. The molecule has 1 atom stereocenters. The van der Waals surface area contributed by atoms with E-state index in [1.165, 1.54) is 11.8 Å². The van der Waals surface area contributed by atoms with E-state index in [0.717, 1.165) is 23.2 Å². The highest BCUT2D eigenvalue weighted by molar-refractivity contribution is 7.99. The molecule has 3 rings (SSSR count). The van der Waals surface area contributed by atoms with Gasteiger partial charge in [-0.3, -0.25) is 9.59 Å². The van der Waals surface area contributed by atoms with Gasteiger partial charge in [-0.2, -0.15) is 0 Å². The van der Waals surface area contributed by atoms with Crippen LogP contribution in [0.4, 0.5) is 5.69 Å². The highest BCUT2D eigenvalue weighted by Crippen LogP contribution is 2.24. The Morgan fingerprint density at radius 1 is 1.12 bits per heavy atom. The van der Waals surface area contributed by atoms with Gasteiger partial charge in [-0.1, -0.05) is 36.9 Å². The van der Waals surface area contributed by atoms with E-state index in [4.69, 9.17) is 4.74 Å². The summed E-state index contributed by atoms with van der Waals surface area (Å²) in [6, 6.07) is 12.6. The zero-order valence-electron chi connectivity index (χ0n) is 20.2. The van der Waals surface area contributed by atoms with E-state index in [1.807, 2.05) is 43.5 Å². The van der Waals surface area contributed by atoms with Crippen molar-refractivity contribution in [2.75, 3.05) is 18.2 Å². The Morgan fingerprint density at radius 3 is 2.50 bits per heavy atom. The van der Waals surface area contributed by atoms with Crippen LogP contribution in [0.5, 0.6) is 5.75 Å². The minimum Gasteiger partial charge on any atom is -0.497 e. The number of nitrogens with zero attached hydrogens (tertiary/aromatic N) is 3. The summed E-state index contributed by atoms with van der Waals surface area (Å²) in [7, 11) is 1.58. The highest BCUT2D eigenvalue weighted by Gasteiger charge is 2.20. The molecule has 0 fully saturated rings. The van der Waals surface area contributed by atoms with Gasteiger partial charge >= 0.3 is 0 Å². The molecule has 9 heteroatoms. The maximum atomic E-state index is 12.6. The monoisotopic (exact) mass is 481 g/mol. The van der Waals surface area contributed by atoms with Crippen molar-refractivity contribution in [2.45, 2.75) is 51.9 Å². The minimum absolute atomic E-state index is 0.0953. The lowest BCUT2D eigenvalue weighted by Gasteiger charge is -2.15. The first kappa shape index (κ1) is 25.3. The van der Waals surface area contributed by atoms with E-state index < -0.39 is 0 Å². The Kier molecular flexibility index (Phi) is 8.70. The Morgan fingerprint density at radius 2 is 1.85 bits per heavy atom. The van der Waals surface area contributed by atoms with Gasteiger partial charge in [0.2, 0.25) is 5.91 Å². The highest BCUT2D eigenvalue weighted by atomic mass is 32.2. The number of benzene rings is 2. The Bertz CT molecular complexity index is 1140. The van der Waals surface area contributed by atoms with Gasteiger partial charge in [0.15, 0.2) is 11.0 Å². The largest absolute Gasteiger partial charge is 0.497 e. The second kappa shape index (κ2) is 11.7. The second-order valence-corrected chi connectivity index (χ2v) is 8.75. The van der Waals surface area contributed by atoms with Crippen molar-refractivity contribution in [3.05, 3.63) is 65.0 Å². The summed E-state index contributed by atoms with van der Waals surface area (Å²) in [4.78, 5) is 25.3. The van der Waals surface area contributed by atoms with Crippen LogP contribution in [-0.4, -0.2) is 39.4 Å². The number of methoxy groups -OCH3 is 1. The Hall–Kier alpha value is -3.33. The number of anilines is 1. The molecule has 1 heterocycles. The van der Waals surface area contributed by atoms with E-state index in [1.54, 1.807) is 31.4 Å². The molecule has 0 aliphatic carbocycles. The lowest BCUT2D eigenvalue weighted by molar-refractivity contribution is -0.113. The fraction of sp³-hybridized carbons (Fsp3) is 0.360. The van der Waals surface area contributed by atoms with Crippen molar-refractivity contribution in [3.8, 4) is 5.75 Å². The van der Waals surface area contributed by atoms with Crippen LogP contribution in [0.1, 0.15) is 54.1 Å². The zero-order chi connectivity index (χ0) is 24.7. The number of para-hydroxylation sites is 1. The fourth-order valence-corrected chi connectivity index (χ4v) is 4.43. The van der Waals surface area contributed by atoms with Crippen LogP contribution < -0.4 is 15.4 Å². The van der Waals surface area contributed by atoms with Crippen LogP contribution in [0, 0.1) is 6.92 Å². The lowest BCUT2D eigenvalue weighted by atomic mass is 10.1. The molecule has 2 amide bonds. The molecular weight excluding hydrogens is 450 g/mol.